The van der Waals surface area contributed by atoms with Crippen molar-refractivity contribution < 1.29 is 0 Å². The molecule has 0 aromatic heterocycles. The number of benzene rings is 2. The van der Waals surface area contributed by atoms with E-state index in [9.17, 15) is 0 Å². The van der Waals surface area contributed by atoms with Crippen molar-refractivity contribution in [2.24, 2.45) is 0 Å². The van der Waals surface area contributed by atoms with Crippen molar-refractivity contribution >= 4 is 0 Å². The molecule has 0 spiro atoms. The van der Waals surface area contributed by atoms with E-state index in [0.717, 1.165) is 6.54 Å². The summed E-state index contributed by atoms with van der Waals surface area (Å²) in [5.41, 5.74) is 6.83. The summed E-state index contributed by atoms with van der Waals surface area (Å²) in [7, 11) is 0. The van der Waals surface area contributed by atoms with Crippen LogP contribution >= 0.6 is 0 Å². The Bertz CT molecular complexity index is 581. The number of nitrogens with one attached hydrogen (secondary N) is 1. The predicted octanol–water partition coefficient (Wildman–Crippen LogP) is 5.28. The molecule has 0 saturated heterocycles. The average molecular weight is 281 g/mol. The summed E-state index contributed by atoms with van der Waals surface area (Å²) in [5.74, 6) is 0.598. The zero-order valence-electron chi connectivity index (χ0n) is 13.9. The summed E-state index contributed by atoms with van der Waals surface area (Å²) >= 11 is 0. The molecule has 0 fully saturated rings. The van der Waals surface area contributed by atoms with E-state index in [4.69, 9.17) is 0 Å². The summed E-state index contributed by atoms with van der Waals surface area (Å²) in [6.07, 6.45) is 0. The lowest BCUT2D eigenvalue weighted by Gasteiger charge is -2.17. The largest absolute Gasteiger partial charge is 0.306 e. The third-order valence-electron chi connectivity index (χ3n) is 4.16. The van der Waals surface area contributed by atoms with Gasteiger partial charge in [-0.2, -0.15) is 0 Å². The molecule has 0 aliphatic carbocycles. The van der Waals surface area contributed by atoms with Crippen LogP contribution in [0.3, 0.4) is 0 Å². The van der Waals surface area contributed by atoms with Gasteiger partial charge in [-0.15, -0.1) is 0 Å². The summed E-state index contributed by atoms with van der Waals surface area (Å²) in [6.45, 7) is 12.0. The molecule has 2 aromatic rings. The second-order valence-electron chi connectivity index (χ2n) is 6.36. The van der Waals surface area contributed by atoms with Crippen molar-refractivity contribution in [3.05, 3.63) is 70.3 Å². The first kappa shape index (κ1) is 15.8. The summed E-state index contributed by atoms with van der Waals surface area (Å²) in [5, 5.41) is 3.63. The summed E-state index contributed by atoms with van der Waals surface area (Å²) < 4.78 is 0. The van der Waals surface area contributed by atoms with Gasteiger partial charge in [0.05, 0.1) is 0 Å². The van der Waals surface area contributed by atoms with Gasteiger partial charge in [-0.1, -0.05) is 61.9 Å². The molecular weight excluding hydrogens is 254 g/mol. The van der Waals surface area contributed by atoms with Crippen molar-refractivity contribution in [3.8, 4) is 0 Å². The molecule has 2 rings (SSSR count). The molecule has 21 heavy (non-hydrogen) atoms. The second-order valence-corrected chi connectivity index (χ2v) is 6.36. The molecule has 0 aliphatic rings. The number of hydrogen-bond acceptors (Lipinski definition) is 1. The summed E-state index contributed by atoms with van der Waals surface area (Å²) in [6, 6.07) is 16.0. The van der Waals surface area contributed by atoms with E-state index < -0.39 is 0 Å². The third kappa shape index (κ3) is 4.18. The zero-order chi connectivity index (χ0) is 15.4. The highest BCUT2D eigenvalue weighted by molar-refractivity contribution is 5.33. The van der Waals surface area contributed by atoms with Crippen molar-refractivity contribution in [2.45, 2.75) is 53.1 Å². The van der Waals surface area contributed by atoms with Gasteiger partial charge in [0.1, 0.15) is 0 Å². The Morgan fingerprint density at radius 3 is 2.19 bits per heavy atom. The average Bonchev–Trinajstić information content (AvgIpc) is 2.47. The van der Waals surface area contributed by atoms with Gasteiger partial charge in [0, 0.05) is 12.6 Å². The van der Waals surface area contributed by atoms with Crippen LogP contribution in [-0.4, -0.2) is 0 Å². The molecule has 2 aromatic carbocycles. The molecule has 112 valence electrons. The Morgan fingerprint density at radius 2 is 1.57 bits per heavy atom. The van der Waals surface area contributed by atoms with Gasteiger partial charge in [0.15, 0.2) is 0 Å². The Hall–Kier alpha value is -1.60. The smallest absolute Gasteiger partial charge is 0.0297 e. The van der Waals surface area contributed by atoms with Crippen molar-refractivity contribution in [1.82, 2.24) is 5.32 Å². The number of rotatable bonds is 5. The van der Waals surface area contributed by atoms with E-state index >= 15 is 0 Å². The number of aryl methyl sites for hydroxylation is 2. The van der Waals surface area contributed by atoms with E-state index in [2.05, 4.69) is 82.4 Å². The second kappa shape index (κ2) is 6.91. The van der Waals surface area contributed by atoms with E-state index in [-0.39, 0.29) is 0 Å². The van der Waals surface area contributed by atoms with Crippen LogP contribution in [-0.2, 0) is 6.54 Å². The molecule has 1 heteroatoms. The van der Waals surface area contributed by atoms with Crippen LogP contribution in [0.4, 0.5) is 0 Å². The Kier molecular flexibility index (Phi) is 5.19. The van der Waals surface area contributed by atoms with E-state index in [1.54, 1.807) is 0 Å². The van der Waals surface area contributed by atoms with Crippen LogP contribution in [0.2, 0.25) is 0 Å². The topological polar surface area (TPSA) is 12.0 Å². The molecule has 1 nitrogen and oxygen atoms in total. The van der Waals surface area contributed by atoms with E-state index in [1.807, 2.05) is 0 Å². The van der Waals surface area contributed by atoms with Crippen molar-refractivity contribution in [3.63, 3.8) is 0 Å². The minimum Gasteiger partial charge on any atom is -0.306 e. The minimum absolute atomic E-state index is 0.370. The number of hydrogen-bond donors (Lipinski definition) is 1. The molecule has 0 heterocycles. The monoisotopic (exact) mass is 281 g/mol. The van der Waals surface area contributed by atoms with Crippen LogP contribution in [0.15, 0.2) is 42.5 Å². The van der Waals surface area contributed by atoms with Crippen LogP contribution in [0.5, 0.6) is 0 Å². The first-order chi connectivity index (χ1) is 9.97. The summed E-state index contributed by atoms with van der Waals surface area (Å²) in [4.78, 5) is 0. The van der Waals surface area contributed by atoms with Crippen molar-refractivity contribution in [2.75, 3.05) is 0 Å². The van der Waals surface area contributed by atoms with E-state index in [1.165, 1.54) is 27.8 Å². The Morgan fingerprint density at radius 1 is 0.905 bits per heavy atom. The highest BCUT2D eigenvalue weighted by Crippen LogP contribution is 2.20. The lowest BCUT2D eigenvalue weighted by atomic mass is 9.99. The van der Waals surface area contributed by atoms with E-state index in [0.29, 0.717) is 12.0 Å². The molecule has 0 aliphatic heterocycles. The molecule has 1 atom stereocenters. The normalized spacial score (nSPS) is 12.7. The Labute approximate surface area is 129 Å². The molecule has 1 N–H and O–H groups in total. The molecule has 1 unspecified atom stereocenters. The molecule has 0 radical (unpaired) electrons. The minimum atomic E-state index is 0.370. The highest BCUT2D eigenvalue weighted by atomic mass is 14.9. The molecule has 0 saturated carbocycles. The lowest BCUT2D eigenvalue weighted by Crippen LogP contribution is -2.19. The zero-order valence-corrected chi connectivity index (χ0v) is 13.9. The lowest BCUT2D eigenvalue weighted by molar-refractivity contribution is 0.572. The first-order valence-corrected chi connectivity index (χ1v) is 7.86. The maximum absolute atomic E-state index is 3.63. The van der Waals surface area contributed by atoms with Gasteiger partial charge in [-0.25, -0.2) is 0 Å². The Balaban J connectivity index is 2.00. The van der Waals surface area contributed by atoms with Crippen LogP contribution in [0.25, 0.3) is 0 Å². The first-order valence-electron chi connectivity index (χ1n) is 7.86. The van der Waals surface area contributed by atoms with Crippen LogP contribution in [0.1, 0.15) is 60.5 Å². The molecule has 0 bridgehead atoms. The standard InChI is InChI=1S/C20H27N/c1-14(2)19-10-8-18(9-11-19)13-21-17(5)20-12-15(3)6-7-16(20)4/h6-12,14,17,21H,13H2,1-5H3. The molecular formula is C20H27N. The van der Waals surface area contributed by atoms with Gasteiger partial charge < -0.3 is 5.32 Å². The maximum Gasteiger partial charge on any atom is 0.0297 e. The SMILES string of the molecule is Cc1ccc(C)c(C(C)NCc2ccc(C(C)C)cc2)c1. The maximum atomic E-state index is 3.63. The fraction of sp³-hybridized carbons (Fsp3) is 0.400. The van der Waals surface area contributed by atoms with Gasteiger partial charge >= 0.3 is 0 Å². The van der Waals surface area contributed by atoms with Gasteiger partial charge in [-0.05, 0) is 48.9 Å². The third-order valence-corrected chi connectivity index (χ3v) is 4.16. The molecule has 0 amide bonds. The van der Waals surface area contributed by atoms with Crippen LogP contribution in [0, 0.1) is 13.8 Å². The predicted molar refractivity (Wildman–Crippen MR) is 91.7 cm³/mol. The highest BCUT2D eigenvalue weighted by Gasteiger charge is 2.08. The van der Waals surface area contributed by atoms with Crippen molar-refractivity contribution in [1.29, 1.82) is 0 Å². The fourth-order valence-electron chi connectivity index (χ4n) is 2.63. The van der Waals surface area contributed by atoms with Gasteiger partial charge in [-0.3, -0.25) is 0 Å². The van der Waals surface area contributed by atoms with Crippen LogP contribution < -0.4 is 5.32 Å². The fourth-order valence-corrected chi connectivity index (χ4v) is 2.63. The van der Waals surface area contributed by atoms with Gasteiger partial charge in [0.25, 0.3) is 0 Å². The quantitative estimate of drug-likeness (QED) is 0.786. The van der Waals surface area contributed by atoms with Gasteiger partial charge in [0.2, 0.25) is 0 Å².